The van der Waals surface area contributed by atoms with Gasteiger partial charge >= 0.3 is 0 Å². The summed E-state index contributed by atoms with van der Waals surface area (Å²) in [7, 11) is 0. The summed E-state index contributed by atoms with van der Waals surface area (Å²) in [6.07, 6.45) is 2.38. The molecule has 0 fully saturated rings. The number of amides is 1. The topological polar surface area (TPSA) is 64.3 Å². The molecule has 0 saturated carbocycles. The summed E-state index contributed by atoms with van der Waals surface area (Å²) in [5.74, 6) is 0.842. The second-order valence-electron chi connectivity index (χ2n) is 6.25. The number of nitrogens with one attached hydrogen (secondary N) is 1. The fourth-order valence-corrected chi connectivity index (χ4v) is 2.06. The van der Waals surface area contributed by atoms with Crippen molar-refractivity contribution in [3.63, 3.8) is 0 Å². The molecule has 0 aromatic heterocycles. The van der Waals surface area contributed by atoms with Gasteiger partial charge in [0.05, 0.1) is 13.0 Å². The molecule has 21 heavy (non-hydrogen) atoms. The molecule has 4 heteroatoms. The van der Waals surface area contributed by atoms with Gasteiger partial charge in [-0.2, -0.15) is 0 Å². The molecule has 0 radical (unpaired) electrons. The van der Waals surface area contributed by atoms with E-state index in [2.05, 4.69) is 19.2 Å². The van der Waals surface area contributed by atoms with E-state index in [9.17, 15) is 4.79 Å². The lowest BCUT2D eigenvalue weighted by Gasteiger charge is -2.24. The maximum absolute atomic E-state index is 11.8. The molecule has 0 aliphatic rings. The fraction of sp³-hybridized carbons (Fsp3) is 0.588. The van der Waals surface area contributed by atoms with Gasteiger partial charge in [-0.15, -0.1) is 0 Å². The van der Waals surface area contributed by atoms with E-state index in [-0.39, 0.29) is 11.3 Å². The standard InChI is InChI=1S/C17H28N2O2/c1-14-6-4-7-15(12-14)21-11-8-16(20)19-13-17(2,3)9-5-10-18/h4,6-7,12H,5,8-11,13,18H2,1-3H3,(H,19,20). The van der Waals surface area contributed by atoms with Gasteiger partial charge in [-0.25, -0.2) is 0 Å². The average Bonchev–Trinajstić information content (AvgIpc) is 2.43. The Kier molecular flexibility index (Phi) is 7.23. The van der Waals surface area contributed by atoms with E-state index < -0.39 is 0 Å². The zero-order chi connectivity index (χ0) is 15.7. The van der Waals surface area contributed by atoms with Crippen molar-refractivity contribution in [3.8, 4) is 5.75 Å². The lowest BCUT2D eigenvalue weighted by molar-refractivity contribution is -0.122. The summed E-state index contributed by atoms with van der Waals surface area (Å²) in [5, 5.41) is 2.97. The highest BCUT2D eigenvalue weighted by atomic mass is 16.5. The van der Waals surface area contributed by atoms with Crippen LogP contribution < -0.4 is 15.8 Å². The molecule has 1 amide bonds. The van der Waals surface area contributed by atoms with Gasteiger partial charge in [-0.1, -0.05) is 26.0 Å². The van der Waals surface area contributed by atoms with Gasteiger partial charge in [0.2, 0.25) is 5.91 Å². The minimum absolute atomic E-state index is 0.0310. The van der Waals surface area contributed by atoms with Crippen LogP contribution in [0.15, 0.2) is 24.3 Å². The number of carbonyl (C=O) groups excluding carboxylic acids is 1. The predicted molar refractivity (Wildman–Crippen MR) is 86.4 cm³/mol. The minimum atomic E-state index is 0.0310. The molecule has 1 aromatic rings. The molecular formula is C17H28N2O2. The molecule has 0 aliphatic carbocycles. The number of hydrogen-bond donors (Lipinski definition) is 2. The number of hydrogen-bond acceptors (Lipinski definition) is 3. The van der Waals surface area contributed by atoms with Crippen molar-refractivity contribution < 1.29 is 9.53 Å². The number of rotatable bonds is 9. The Morgan fingerprint density at radius 2 is 2.14 bits per heavy atom. The summed E-state index contributed by atoms with van der Waals surface area (Å²) in [6, 6.07) is 7.84. The molecule has 1 aromatic carbocycles. The van der Waals surface area contributed by atoms with Gasteiger partial charge in [0, 0.05) is 6.54 Å². The van der Waals surface area contributed by atoms with Crippen molar-refractivity contribution >= 4 is 5.91 Å². The van der Waals surface area contributed by atoms with Crippen LogP contribution in [0.3, 0.4) is 0 Å². The first-order valence-corrected chi connectivity index (χ1v) is 7.59. The second kappa shape index (κ2) is 8.67. The van der Waals surface area contributed by atoms with Crippen LogP contribution in [0.2, 0.25) is 0 Å². The van der Waals surface area contributed by atoms with Crippen LogP contribution in [0.4, 0.5) is 0 Å². The van der Waals surface area contributed by atoms with Crippen LogP contribution in [0.5, 0.6) is 5.75 Å². The Morgan fingerprint density at radius 3 is 2.81 bits per heavy atom. The van der Waals surface area contributed by atoms with Crippen LogP contribution in [0.1, 0.15) is 38.7 Å². The molecule has 4 nitrogen and oxygen atoms in total. The molecule has 0 heterocycles. The van der Waals surface area contributed by atoms with Crippen LogP contribution in [0.25, 0.3) is 0 Å². The van der Waals surface area contributed by atoms with Crippen molar-refractivity contribution in [3.05, 3.63) is 29.8 Å². The van der Waals surface area contributed by atoms with Gasteiger partial charge in [-0.05, 0) is 49.4 Å². The zero-order valence-electron chi connectivity index (χ0n) is 13.4. The van der Waals surface area contributed by atoms with Gasteiger partial charge in [0.15, 0.2) is 0 Å². The van der Waals surface area contributed by atoms with Crippen LogP contribution >= 0.6 is 0 Å². The maximum atomic E-state index is 11.8. The number of carbonyl (C=O) groups is 1. The first-order chi connectivity index (χ1) is 9.93. The lowest BCUT2D eigenvalue weighted by Crippen LogP contribution is -2.34. The van der Waals surface area contributed by atoms with E-state index in [0.29, 0.717) is 26.1 Å². The molecule has 0 saturated heterocycles. The highest BCUT2D eigenvalue weighted by Crippen LogP contribution is 2.20. The fourth-order valence-electron chi connectivity index (χ4n) is 2.06. The molecule has 0 bridgehead atoms. The predicted octanol–water partition coefficient (Wildman–Crippen LogP) is 2.65. The molecule has 118 valence electrons. The van der Waals surface area contributed by atoms with Crippen molar-refractivity contribution in [2.45, 2.75) is 40.0 Å². The monoisotopic (exact) mass is 292 g/mol. The third kappa shape index (κ3) is 7.71. The summed E-state index contributed by atoms with van der Waals surface area (Å²) in [5.41, 5.74) is 6.76. The van der Waals surface area contributed by atoms with Gasteiger partial charge in [0.25, 0.3) is 0 Å². The van der Waals surface area contributed by atoms with E-state index in [1.165, 1.54) is 0 Å². The maximum Gasteiger partial charge on any atom is 0.223 e. The first kappa shape index (κ1) is 17.5. The first-order valence-electron chi connectivity index (χ1n) is 7.59. The molecule has 0 atom stereocenters. The number of aryl methyl sites for hydroxylation is 1. The molecule has 3 N–H and O–H groups in total. The summed E-state index contributed by atoms with van der Waals surface area (Å²) >= 11 is 0. The number of benzene rings is 1. The Morgan fingerprint density at radius 1 is 1.38 bits per heavy atom. The normalized spacial score (nSPS) is 11.2. The highest BCUT2D eigenvalue weighted by Gasteiger charge is 2.17. The third-order valence-electron chi connectivity index (χ3n) is 3.41. The van der Waals surface area contributed by atoms with E-state index in [1.54, 1.807) is 0 Å². The second-order valence-corrected chi connectivity index (χ2v) is 6.25. The van der Waals surface area contributed by atoms with Crippen LogP contribution in [0, 0.1) is 12.3 Å². The lowest BCUT2D eigenvalue weighted by atomic mass is 9.88. The highest BCUT2D eigenvalue weighted by molar-refractivity contribution is 5.76. The molecule has 0 aliphatic heterocycles. The van der Waals surface area contributed by atoms with Crippen molar-refractivity contribution in [2.75, 3.05) is 19.7 Å². The number of ether oxygens (including phenoxy) is 1. The summed E-state index contributed by atoms with van der Waals surface area (Å²) in [6.45, 7) is 8.08. The zero-order valence-corrected chi connectivity index (χ0v) is 13.4. The SMILES string of the molecule is Cc1cccc(OCCC(=O)NCC(C)(C)CCCN)c1. The smallest absolute Gasteiger partial charge is 0.223 e. The quantitative estimate of drug-likeness (QED) is 0.735. The van der Waals surface area contributed by atoms with E-state index in [0.717, 1.165) is 24.2 Å². The third-order valence-corrected chi connectivity index (χ3v) is 3.41. The van der Waals surface area contributed by atoms with Crippen molar-refractivity contribution in [1.29, 1.82) is 0 Å². The van der Waals surface area contributed by atoms with Crippen LogP contribution in [-0.4, -0.2) is 25.6 Å². The Hall–Kier alpha value is -1.55. The van der Waals surface area contributed by atoms with E-state index in [1.807, 2.05) is 31.2 Å². The molecule has 1 rings (SSSR count). The molecular weight excluding hydrogens is 264 g/mol. The number of nitrogens with two attached hydrogens (primary N) is 1. The average molecular weight is 292 g/mol. The minimum Gasteiger partial charge on any atom is -0.493 e. The Balaban J connectivity index is 2.22. The summed E-state index contributed by atoms with van der Waals surface area (Å²) in [4.78, 5) is 11.8. The Bertz CT molecular complexity index is 444. The van der Waals surface area contributed by atoms with E-state index in [4.69, 9.17) is 10.5 Å². The van der Waals surface area contributed by atoms with E-state index >= 15 is 0 Å². The van der Waals surface area contributed by atoms with Gasteiger partial charge < -0.3 is 15.8 Å². The Labute approximate surface area is 128 Å². The van der Waals surface area contributed by atoms with Crippen molar-refractivity contribution in [2.24, 2.45) is 11.1 Å². The molecule has 0 unspecified atom stereocenters. The van der Waals surface area contributed by atoms with Gasteiger partial charge in [-0.3, -0.25) is 4.79 Å². The summed E-state index contributed by atoms with van der Waals surface area (Å²) < 4.78 is 5.58. The van der Waals surface area contributed by atoms with Crippen LogP contribution in [-0.2, 0) is 4.79 Å². The molecule has 0 spiro atoms. The van der Waals surface area contributed by atoms with Crippen molar-refractivity contribution in [1.82, 2.24) is 5.32 Å². The van der Waals surface area contributed by atoms with Gasteiger partial charge in [0.1, 0.15) is 5.75 Å². The largest absolute Gasteiger partial charge is 0.493 e.